The van der Waals surface area contributed by atoms with Crippen molar-refractivity contribution in [2.75, 3.05) is 0 Å². The Labute approximate surface area is 371 Å². The minimum Gasteiger partial charge on any atom is -0.308 e. The molecule has 0 fully saturated rings. The van der Waals surface area contributed by atoms with Gasteiger partial charge in [0, 0.05) is 47.6 Å². The summed E-state index contributed by atoms with van der Waals surface area (Å²) in [6.45, 7) is 0. The lowest BCUT2D eigenvalue weighted by atomic mass is 10.00. The molecule has 5 heteroatoms. The minimum absolute atomic E-state index is 0.629. The Balaban J connectivity index is 1.08. The zero-order valence-electron chi connectivity index (χ0n) is 34.3. The lowest BCUT2D eigenvalue weighted by Crippen LogP contribution is -2.02. The molecule has 0 saturated carbocycles. The third kappa shape index (κ3) is 5.38. The lowest BCUT2D eigenvalue weighted by Gasteiger charge is -2.15. The topological polar surface area (TPSA) is 43.6 Å². The number of hydrogen-bond acceptors (Lipinski definition) is 4. The van der Waals surface area contributed by atoms with Crippen molar-refractivity contribution in [3.63, 3.8) is 0 Å². The Kier molecular flexibility index (Phi) is 7.53. The van der Waals surface area contributed by atoms with E-state index in [1.165, 1.54) is 68.6 Å². The van der Waals surface area contributed by atoms with Gasteiger partial charge in [0.2, 0.25) is 0 Å². The molecule has 0 atom stereocenters. The van der Waals surface area contributed by atoms with Gasteiger partial charge in [-0.15, -0.1) is 11.3 Å². The van der Waals surface area contributed by atoms with Crippen LogP contribution in [0.5, 0.6) is 0 Å². The van der Waals surface area contributed by atoms with Crippen LogP contribution in [0.4, 0.5) is 0 Å². The molecule has 0 N–H and O–H groups in total. The van der Waals surface area contributed by atoms with Gasteiger partial charge < -0.3 is 4.57 Å². The first-order chi connectivity index (χ1) is 31.7. The predicted molar refractivity (Wildman–Crippen MR) is 271 cm³/mol. The lowest BCUT2D eigenvalue weighted by molar-refractivity contribution is 1.08. The first-order valence-corrected chi connectivity index (χ1v) is 22.5. The average molecular weight is 831 g/mol. The van der Waals surface area contributed by atoms with E-state index in [0.717, 1.165) is 49.6 Å². The molecule has 0 radical (unpaired) electrons. The van der Waals surface area contributed by atoms with Crippen molar-refractivity contribution in [1.82, 2.24) is 19.5 Å². The highest BCUT2D eigenvalue weighted by molar-refractivity contribution is 7.26. The maximum Gasteiger partial charge on any atom is 0.164 e. The fourth-order valence-electron chi connectivity index (χ4n) is 10.1. The Morgan fingerprint density at radius 3 is 1.56 bits per heavy atom. The summed E-state index contributed by atoms with van der Waals surface area (Å²) >= 11 is 1.82. The summed E-state index contributed by atoms with van der Waals surface area (Å²) in [5.74, 6) is 1.91. The second kappa shape index (κ2) is 13.6. The zero-order chi connectivity index (χ0) is 41.9. The molecule has 0 aliphatic rings. The Bertz CT molecular complexity index is 4180. The van der Waals surface area contributed by atoms with Gasteiger partial charge in [0.15, 0.2) is 17.5 Å². The maximum atomic E-state index is 5.42. The quantitative estimate of drug-likeness (QED) is 0.166. The molecular weight excluding hydrogens is 797 g/mol. The number of aromatic nitrogens is 4. The van der Waals surface area contributed by atoms with Crippen molar-refractivity contribution in [1.29, 1.82) is 0 Å². The number of nitrogens with zero attached hydrogens (tertiary/aromatic N) is 4. The summed E-state index contributed by atoms with van der Waals surface area (Å²) < 4.78 is 4.91. The minimum atomic E-state index is 0.629. The van der Waals surface area contributed by atoms with Gasteiger partial charge in [0.1, 0.15) is 0 Å². The van der Waals surface area contributed by atoms with E-state index in [1.54, 1.807) is 0 Å². The smallest absolute Gasteiger partial charge is 0.164 e. The molecule has 3 aromatic heterocycles. The molecule has 3 heterocycles. The molecule has 11 aromatic carbocycles. The van der Waals surface area contributed by atoms with E-state index in [2.05, 4.69) is 211 Å². The molecule has 0 bridgehead atoms. The molecule has 0 unspecified atom stereocenters. The van der Waals surface area contributed by atoms with Crippen molar-refractivity contribution in [3.05, 3.63) is 206 Å². The Morgan fingerprint density at radius 2 is 0.844 bits per heavy atom. The van der Waals surface area contributed by atoms with E-state index in [0.29, 0.717) is 17.5 Å². The number of hydrogen-bond donors (Lipinski definition) is 0. The van der Waals surface area contributed by atoms with Gasteiger partial charge >= 0.3 is 0 Å². The van der Waals surface area contributed by atoms with Crippen molar-refractivity contribution in [2.24, 2.45) is 0 Å². The molecule has 14 rings (SSSR count). The maximum absolute atomic E-state index is 5.42. The van der Waals surface area contributed by atoms with Crippen LogP contribution in [0.3, 0.4) is 0 Å². The fraction of sp³-hybridized carbons (Fsp3) is 0. The fourth-order valence-corrected chi connectivity index (χ4v) is 11.3. The molecule has 296 valence electrons. The molecule has 0 spiro atoms. The Hall–Kier alpha value is -8.25. The number of thiophene rings is 1. The predicted octanol–water partition coefficient (Wildman–Crippen LogP) is 16.1. The molecule has 4 nitrogen and oxygen atoms in total. The van der Waals surface area contributed by atoms with Crippen LogP contribution in [-0.4, -0.2) is 19.5 Å². The van der Waals surface area contributed by atoms with Crippen LogP contribution < -0.4 is 0 Å². The summed E-state index contributed by atoms with van der Waals surface area (Å²) in [5, 5.41) is 16.8. The largest absolute Gasteiger partial charge is 0.308 e. The Morgan fingerprint density at radius 1 is 0.312 bits per heavy atom. The number of benzene rings is 11. The zero-order valence-corrected chi connectivity index (χ0v) is 35.1. The first-order valence-electron chi connectivity index (χ1n) is 21.7. The second-order valence-corrected chi connectivity index (χ2v) is 17.9. The summed E-state index contributed by atoms with van der Waals surface area (Å²) in [6.07, 6.45) is 0. The molecule has 0 aliphatic carbocycles. The van der Waals surface area contributed by atoms with Gasteiger partial charge in [-0.2, -0.15) is 0 Å². The second-order valence-electron chi connectivity index (χ2n) is 16.8. The van der Waals surface area contributed by atoms with E-state index in [-0.39, 0.29) is 0 Å². The standard InChI is InChI=1S/C59H34N4S/c1-3-16-39-31-51-49(29-37(39)14-1)50-30-38-15-2-4-17-40(38)32-52(50)63(51)53-33-43(34-55-56(53)48-21-9-10-23-54(48)64-55)58-60-57(61-59(62-58)47-22-11-18-35-12-5-8-20-45(35)47)42-26-27-46-41(28-42)25-24-36-13-6-7-19-44(36)46/h1-34H. The highest BCUT2D eigenvalue weighted by Gasteiger charge is 2.22. The van der Waals surface area contributed by atoms with Gasteiger partial charge in [0.05, 0.1) is 16.7 Å². The number of fused-ring (bicyclic) bond motifs is 12. The van der Waals surface area contributed by atoms with Crippen molar-refractivity contribution in [3.8, 4) is 39.9 Å². The van der Waals surface area contributed by atoms with Gasteiger partial charge in [-0.25, -0.2) is 15.0 Å². The van der Waals surface area contributed by atoms with E-state index >= 15 is 0 Å². The van der Waals surface area contributed by atoms with Crippen molar-refractivity contribution >= 4 is 107 Å². The molecular formula is C59H34N4S. The van der Waals surface area contributed by atoms with Crippen LogP contribution in [0.15, 0.2) is 206 Å². The van der Waals surface area contributed by atoms with Gasteiger partial charge in [0.25, 0.3) is 0 Å². The highest BCUT2D eigenvalue weighted by Crippen LogP contribution is 2.45. The van der Waals surface area contributed by atoms with Gasteiger partial charge in [-0.05, 0) is 102 Å². The van der Waals surface area contributed by atoms with E-state index < -0.39 is 0 Å². The van der Waals surface area contributed by atoms with E-state index in [4.69, 9.17) is 15.0 Å². The monoisotopic (exact) mass is 830 g/mol. The van der Waals surface area contributed by atoms with Crippen molar-refractivity contribution in [2.45, 2.75) is 0 Å². The summed E-state index contributed by atoms with van der Waals surface area (Å²) in [4.78, 5) is 16.1. The van der Waals surface area contributed by atoms with E-state index in [1.807, 2.05) is 11.3 Å². The van der Waals surface area contributed by atoms with Crippen LogP contribution in [0.25, 0.3) is 136 Å². The van der Waals surface area contributed by atoms with Gasteiger partial charge in [-0.1, -0.05) is 158 Å². The molecule has 0 amide bonds. The molecule has 0 aliphatic heterocycles. The van der Waals surface area contributed by atoms with Crippen LogP contribution >= 0.6 is 11.3 Å². The molecule has 64 heavy (non-hydrogen) atoms. The first kappa shape index (κ1) is 35.4. The van der Waals surface area contributed by atoms with E-state index in [9.17, 15) is 0 Å². The normalized spacial score (nSPS) is 12.1. The summed E-state index contributed by atoms with van der Waals surface area (Å²) in [6, 6.07) is 74.7. The number of rotatable bonds is 4. The molecule has 14 aromatic rings. The van der Waals surface area contributed by atoms with Crippen molar-refractivity contribution < 1.29 is 0 Å². The third-order valence-electron chi connectivity index (χ3n) is 13.1. The van der Waals surface area contributed by atoms with Crippen LogP contribution in [0.2, 0.25) is 0 Å². The van der Waals surface area contributed by atoms with Crippen LogP contribution in [-0.2, 0) is 0 Å². The highest BCUT2D eigenvalue weighted by atomic mass is 32.1. The van der Waals surface area contributed by atoms with Gasteiger partial charge in [-0.3, -0.25) is 0 Å². The SMILES string of the molecule is c1ccc2cc3c(cc2c1)c1cc2ccccc2cc1n3-c1cc(-c2nc(-c3ccc4c(ccc5ccccc54)c3)nc(-c3cccc4ccccc34)n2)cc2sc3ccccc3c12. The van der Waals surface area contributed by atoms with Crippen LogP contribution in [0.1, 0.15) is 0 Å². The average Bonchev–Trinajstić information content (AvgIpc) is 3.88. The summed E-state index contributed by atoms with van der Waals surface area (Å²) in [5.41, 5.74) is 6.27. The third-order valence-corrected chi connectivity index (χ3v) is 14.2. The summed E-state index contributed by atoms with van der Waals surface area (Å²) in [7, 11) is 0. The van der Waals surface area contributed by atoms with Crippen LogP contribution in [0, 0.1) is 0 Å². The molecule has 0 saturated heterocycles.